The lowest BCUT2D eigenvalue weighted by atomic mass is 9.98. The Hall–Kier alpha value is -8.14. The predicted molar refractivity (Wildman–Crippen MR) is 257 cm³/mol. The number of hydrogen-bond donors (Lipinski definition) is 0. The average Bonchev–Trinajstić information content (AvgIpc) is 3.88. The fourth-order valence-corrected chi connectivity index (χ4v) is 9.29. The van der Waals surface area contributed by atoms with E-state index in [1.807, 2.05) is 12.1 Å². The van der Waals surface area contributed by atoms with Crippen molar-refractivity contribution < 1.29 is 4.42 Å². The molecular formula is C58H38N2O. The van der Waals surface area contributed by atoms with Gasteiger partial charge >= 0.3 is 0 Å². The first-order valence-electron chi connectivity index (χ1n) is 20.8. The highest BCUT2D eigenvalue weighted by Crippen LogP contribution is 2.42. The van der Waals surface area contributed by atoms with Crippen LogP contribution < -0.4 is 4.90 Å². The zero-order valence-electron chi connectivity index (χ0n) is 33.2. The summed E-state index contributed by atoms with van der Waals surface area (Å²) in [6, 6.07) is 82.9. The second-order valence-electron chi connectivity index (χ2n) is 15.7. The third kappa shape index (κ3) is 5.90. The first-order valence-corrected chi connectivity index (χ1v) is 20.8. The van der Waals surface area contributed by atoms with Crippen molar-refractivity contribution in [3.05, 3.63) is 231 Å². The zero-order chi connectivity index (χ0) is 40.3. The molecule has 286 valence electrons. The molecule has 61 heavy (non-hydrogen) atoms. The molecule has 0 saturated heterocycles. The molecule has 2 heterocycles. The Bertz CT molecular complexity index is 3540. The third-order valence-corrected chi connectivity index (χ3v) is 12.2. The molecule has 0 aliphatic carbocycles. The normalized spacial score (nSPS) is 11.6. The second-order valence-corrected chi connectivity index (χ2v) is 15.7. The van der Waals surface area contributed by atoms with Crippen LogP contribution in [0.4, 0.5) is 17.1 Å². The fraction of sp³-hybridized carbons (Fsp3) is 0. The van der Waals surface area contributed by atoms with E-state index in [0.717, 1.165) is 72.5 Å². The van der Waals surface area contributed by atoms with Crippen molar-refractivity contribution in [2.75, 3.05) is 4.90 Å². The van der Waals surface area contributed by atoms with Crippen molar-refractivity contribution >= 4 is 71.6 Å². The number of anilines is 3. The first-order chi connectivity index (χ1) is 30.2. The highest BCUT2D eigenvalue weighted by Gasteiger charge is 2.19. The van der Waals surface area contributed by atoms with Crippen LogP contribution in [0.2, 0.25) is 0 Å². The van der Waals surface area contributed by atoms with E-state index >= 15 is 0 Å². The van der Waals surface area contributed by atoms with Crippen LogP contribution in [0.3, 0.4) is 0 Å². The van der Waals surface area contributed by atoms with Gasteiger partial charge in [-0.25, -0.2) is 0 Å². The van der Waals surface area contributed by atoms with Gasteiger partial charge in [-0.3, -0.25) is 0 Å². The van der Waals surface area contributed by atoms with Gasteiger partial charge in [-0.1, -0.05) is 170 Å². The molecule has 10 aromatic carbocycles. The molecule has 12 aromatic rings. The SMILES string of the molecule is c1cc(-c2ccccc2-n2c3ccccc3c3ccccc32)cc(N(c2ccc(-c3ccc(-c4cccc5c4oc4ccccc45)cc3)cc2)c2ccc3ccccc3c2)c1. The van der Waals surface area contributed by atoms with E-state index in [1.165, 1.54) is 38.1 Å². The van der Waals surface area contributed by atoms with Gasteiger partial charge in [0, 0.05) is 49.7 Å². The smallest absolute Gasteiger partial charge is 0.143 e. The maximum Gasteiger partial charge on any atom is 0.143 e. The first kappa shape index (κ1) is 34.9. The Morgan fingerprint density at radius 2 is 0.885 bits per heavy atom. The van der Waals surface area contributed by atoms with Gasteiger partial charge in [0.2, 0.25) is 0 Å². The van der Waals surface area contributed by atoms with Crippen molar-refractivity contribution in [2.45, 2.75) is 0 Å². The highest BCUT2D eigenvalue weighted by atomic mass is 16.3. The molecule has 3 nitrogen and oxygen atoms in total. The molecule has 0 aliphatic rings. The lowest BCUT2D eigenvalue weighted by Gasteiger charge is -2.27. The van der Waals surface area contributed by atoms with Gasteiger partial charge < -0.3 is 13.9 Å². The molecule has 0 bridgehead atoms. The number of nitrogens with zero attached hydrogens (tertiary/aromatic N) is 2. The van der Waals surface area contributed by atoms with Gasteiger partial charge in [0.25, 0.3) is 0 Å². The summed E-state index contributed by atoms with van der Waals surface area (Å²) in [5.74, 6) is 0. The zero-order valence-corrected chi connectivity index (χ0v) is 33.2. The largest absolute Gasteiger partial charge is 0.455 e. The summed E-state index contributed by atoms with van der Waals surface area (Å²) < 4.78 is 8.78. The summed E-state index contributed by atoms with van der Waals surface area (Å²) in [6.45, 7) is 0. The monoisotopic (exact) mass is 778 g/mol. The van der Waals surface area contributed by atoms with E-state index in [2.05, 4.69) is 228 Å². The molecular weight excluding hydrogens is 741 g/mol. The summed E-state index contributed by atoms with van der Waals surface area (Å²) in [4.78, 5) is 2.37. The lowest BCUT2D eigenvalue weighted by molar-refractivity contribution is 0.670. The molecule has 0 atom stereocenters. The van der Waals surface area contributed by atoms with E-state index in [-0.39, 0.29) is 0 Å². The number of fused-ring (bicyclic) bond motifs is 7. The van der Waals surface area contributed by atoms with Gasteiger partial charge in [-0.15, -0.1) is 0 Å². The molecule has 0 spiro atoms. The molecule has 2 aromatic heterocycles. The summed E-state index contributed by atoms with van der Waals surface area (Å²) in [5.41, 5.74) is 15.5. The number of rotatable bonds is 7. The van der Waals surface area contributed by atoms with E-state index in [1.54, 1.807) is 0 Å². The Labute approximate surface area is 353 Å². The fourth-order valence-electron chi connectivity index (χ4n) is 9.29. The molecule has 12 rings (SSSR count). The molecule has 0 N–H and O–H groups in total. The second kappa shape index (κ2) is 14.3. The van der Waals surface area contributed by atoms with Gasteiger partial charge in [0.15, 0.2) is 0 Å². The van der Waals surface area contributed by atoms with Crippen molar-refractivity contribution in [2.24, 2.45) is 0 Å². The number of benzene rings is 10. The van der Waals surface area contributed by atoms with E-state index in [0.29, 0.717) is 0 Å². The summed E-state index contributed by atoms with van der Waals surface area (Å²) in [7, 11) is 0. The molecule has 0 amide bonds. The van der Waals surface area contributed by atoms with E-state index < -0.39 is 0 Å². The van der Waals surface area contributed by atoms with Gasteiger partial charge in [-0.05, 0) is 93.7 Å². The van der Waals surface area contributed by atoms with Crippen LogP contribution >= 0.6 is 0 Å². The number of para-hydroxylation sites is 5. The van der Waals surface area contributed by atoms with Gasteiger partial charge in [0.1, 0.15) is 11.2 Å². The van der Waals surface area contributed by atoms with Crippen LogP contribution in [-0.2, 0) is 0 Å². The van der Waals surface area contributed by atoms with Crippen LogP contribution in [0.25, 0.3) is 93.6 Å². The topological polar surface area (TPSA) is 21.3 Å². The van der Waals surface area contributed by atoms with Crippen molar-refractivity contribution in [3.8, 4) is 39.1 Å². The predicted octanol–water partition coefficient (Wildman–Crippen LogP) is 16.3. The van der Waals surface area contributed by atoms with E-state index in [4.69, 9.17) is 4.42 Å². The molecule has 0 unspecified atom stereocenters. The Morgan fingerprint density at radius 1 is 0.328 bits per heavy atom. The molecule has 0 fully saturated rings. The summed E-state index contributed by atoms with van der Waals surface area (Å²) in [5, 5.41) is 7.21. The van der Waals surface area contributed by atoms with Gasteiger partial charge in [-0.2, -0.15) is 0 Å². The lowest BCUT2D eigenvalue weighted by Crippen LogP contribution is -2.10. The van der Waals surface area contributed by atoms with Crippen LogP contribution in [0.5, 0.6) is 0 Å². The quantitative estimate of drug-likeness (QED) is 0.161. The summed E-state index contributed by atoms with van der Waals surface area (Å²) in [6.07, 6.45) is 0. The minimum Gasteiger partial charge on any atom is -0.455 e. The van der Waals surface area contributed by atoms with Crippen molar-refractivity contribution in [3.63, 3.8) is 0 Å². The molecule has 0 aliphatic heterocycles. The number of aromatic nitrogens is 1. The van der Waals surface area contributed by atoms with E-state index in [9.17, 15) is 0 Å². The number of furan rings is 1. The third-order valence-electron chi connectivity index (χ3n) is 12.2. The van der Waals surface area contributed by atoms with Crippen LogP contribution in [-0.4, -0.2) is 4.57 Å². The Balaban J connectivity index is 0.936. The maximum absolute atomic E-state index is 6.37. The molecule has 3 heteroatoms. The molecule has 0 radical (unpaired) electrons. The molecule has 0 saturated carbocycles. The maximum atomic E-state index is 6.37. The van der Waals surface area contributed by atoms with Gasteiger partial charge in [0.05, 0.1) is 16.7 Å². The van der Waals surface area contributed by atoms with Crippen LogP contribution in [0.1, 0.15) is 0 Å². The Morgan fingerprint density at radius 3 is 1.67 bits per heavy atom. The van der Waals surface area contributed by atoms with Crippen molar-refractivity contribution in [1.82, 2.24) is 4.57 Å². The standard InChI is InChI=1S/C58H38N2O/c1-2-14-43-37-47(36-33-39(43)13-1)59(45-34-31-41(32-35-45)40-27-29-42(30-28-40)49-21-12-22-53-52-20-6-10-26-57(52)61-58(49)53)46-16-11-15-44(38-46)48-17-3-7-23-54(48)60-55-24-8-4-18-50(55)51-19-5-9-25-56(51)60/h1-38H. The highest BCUT2D eigenvalue weighted by molar-refractivity contribution is 6.11. The van der Waals surface area contributed by atoms with Crippen LogP contribution in [0, 0.1) is 0 Å². The summed E-state index contributed by atoms with van der Waals surface area (Å²) >= 11 is 0. The van der Waals surface area contributed by atoms with Crippen molar-refractivity contribution in [1.29, 1.82) is 0 Å². The minimum absolute atomic E-state index is 0.912. The van der Waals surface area contributed by atoms with Crippen LogP contribution in [0.15, 0.2) is 235 Å². The Kier molecular flexibility index (Phi) is 8.17. The minimum atomic E-state index is 0.912. The number of hydrogen-bond acceptors (Lipinski definition) is 2. The average molecular weight is 779 g/mol.